The van der Waals surface area contributed by atoms with Gasteiger partial charge in [0.25, 0.3) is 0 Å². The van der Waals surface area contributed by atoms with E-state index in [1.165, 1.54) is 0 Å². The second kappa shape index (κ2) is 7.96. The highest BCUT2D eigenvalue weighted by Gasteiger charge is 2.36. The summed E-state index contributed by atoms with van der Waals surface area (Å²) in [6.45, 7) is 13.0. The van der Waals surface area contributed by atoms with Crippen molar-refractivity contribution in [3.8, 4) is 0 Å². The molecule has 24 heavy (non-hydrogen) atoms. The van der Waals surface area contributed by atoms with Crippen LogP contribution in [0.3, 0.4) is 0 Å². The lowest BCUT2D eigenvalue weighted by Gasteiger charge is -2.26. The predicted molar refractivity (Wildman–Crippen MR) is 92.6 cm³/mol. The molecule has 1 aliphatic rings. The maximum absolute atomic E-state index is 12.3. The molecule has 0 aromatic carbocycles. The normalized spacial score (nSPS) is 19.5. The monoisotopic (exact) mass is 337 g/mol. The molecule has 7 heteroatoms. The summed E-state index contributed by atoms with van der Waals surface area (Å²) in [5.41, 5.74) is -0.461. The van der Waals surface area contributed by atoms with E-state index in [9.17, 15) is 4.79 Å². The summed E-state index contributed by atoms with van der Waals surface area (Å²) in [6.07, 6.45) is 3.35. The van der Waals surface area contributed by atoms with Gasteiger partial charge in [-0.15, -0.1) is 0 Å². The van der Waals surface area contributed by atoms with Crippen molar-refractivity contribution in [2.24, 2.45) is 5.92 Å². The lowest BCUT2D eigenvalue weighted by atomic mass is 9.98. The molecule has 2 rings (SSSR count). The Morgan fingerprint density at radius 1 is 1.46 bits per heavy atom. The van der Waals surface area contributed by atoms with Gasteiger partial charge in [0.2, 0.25) is 0 Å². The molecule has 0 saturated carbocycles. The van der Waals surface area contributed by atoms with Gasteiger partial charge in [-0.1, -0.05) is 13.8 Å². The van der Waals surface area contributed by atoms with Crippen LogP contribution in [-0.4, -0.2) is 51.0 Å². The average Bonchev–Trinajstić information content (AvgIpc) is 3.13. The predicted octanol–water partition coefficient (Wildman–Crippen LogP) is 2.60. The summed E-state index contributed by atoms with van der Waals surface area (Å²) in [5, 5.41) is 7.87. The van der Waals surface area contributed by atoms with Crippen LogP contribution in [0.2, 0.25) is 0 Å². The molecule has 1 aliphatic heterocycles. The van der Waals surface area contributed by atoms with Gasteiger partial charge >= 0.3 is 6.09 Å². The molecule has 7 nitrogen and oxygen atoms in total. The third-order valence-electron chi connectivity index (χ3n) is 4.13. The van der Waals surface area contributed by atoms with Crippen LogP contribution < -0.4 is 5.32 Å². The molecule has 1 saturated heterocycles. The second-order valence-electron chi connectivity index (χ2n) is 7.35. The third kappa shape index (κ3) is 4.69. The quantitative estimate of drug-likeness (QED) is 0.864. The summed E-state index contributed by atoms with van der Waals surface area (Å²) in [5.74, 6) is 1.28. The van der Waals surface area contributed by atoms with Crippen molar-refractivity contribution < 1.29 is 9.53 Å². The molecule has 1 N–H and O–H groups in total. The van der Waals surface area contributed by atoms with Crippen molar-refractivity contribution in [1.29, 1.82) is 0 Å². The fourth-order valence-corrected chi connectivity index (χ4v) is 3.14. The van der Waals surface area contributed by atoms with E-state index in [0.717, 1.165) is 38.3 Å². The SMILES string of the molecule is CCCn1ncnc1C(NCC)C1CCN(C(=O)OC(C)(C)C)C1. The van der Waals surface area contributed by atoms with Crippen molar-refractivity contribution >= 4 is 6.09 Å². The molecular formula is C17H31N5O2. The maximum Gasteiger partial charge on any atom is 0.410 e. The molecule has 2 heterocycles. The number of aromatic nitrogens is 3. The first kappa shape index (κ1) is 18.7. The summed E-state index contributed by atoms with van der Waals surface area (Å²) in [6, 6.07) is 0.108. The third-order valence-corrected chi connectivity index (χ3v) is 4.13. The zero-order chi connectivity index (χ0) is 17.7. The molecule has 0 aliphatic carbocycles. The maximum atomic E-state index is 12.3. The fourth-order valence-electron chi connectivity index (χ4n) is 3.14. The summed E-state index contributed by atoms with van der Waals surface area (Å²) in [7, 11) is 0. The van der Waals surface area contributed by atoms with Gasteiger partial charge in [0.15, 0.2) is 0 Å². The van der Waals surface area contributed by atoms with Crippen LogP contribution in [0.25, 0.3) is 0 Å². The number of ether oxygens (including phenoxy) is 1. The molecule has 1 amide bonds. The summed E-state index contributed by atoms with van der Waals surface area (Å²) < 4.78 is 7.47. The molecule has 0 bridgehead atoms. The van der Waals surface area contributed by atoms with E-state index in [2.05, 4.69) is 29.2 Å². The van der Waals surface area contributed by atoms with Crippen molar-refractivity contribution in [2.75, 3.05) is 19.6 Å². The van der Waals surface area contributed by atoms with Crippen LogP contribution >= 0.6 is 0 Å². The second-order valence-corrected chi connectivity index (χ2v) is 7.35. The highest BCUT2D eigenvalue weighted by molar-refractivity contribution is 5.68. The molecule has 2 unspecified atom stereocenters. The highest BCUT2D eigenvalue weighted by Crippen LogP contribution is 2.30. The minimum Gasteiger partial charge on any atom is -0.444 e. The van der Waals surface area contributed by atoms with Crippen LogP contribution in [0.1, 0.15) is 59.3 Å². The fraction of sp³-hybridized carbons (Fsp3) is 0.824. The van der Waals surface area contributed by atoms with Crippen LogP contribution in [-0.2, 0) is 11.3 Å². The van der Waals surface area contributed by atoms with E-state index in [-0.39, 0.29) is 12.1 Å². The van der Waals surface area contributed by atoms with Gasteiger partial charge in [-0.3, -0.25) is 0 Å². The summed E-state index contributed by atoms with van der Waals surface area (Å²) >= 11 is 0. The molecule has 1 aromatic rings. The number of nitrogens with one attached hydrogen (secondary N) is 1. The van der Waals surface area contributed by atoms with Crippen molar-refractivity contribution in [1.82, 2.24) is 25.0 Å². The van der Waals surface area contributed by atoms with Crippen molar-refractivity contribution in [3.63, 3.8) is 0 Å². The van der Waals surface area contributed by atoms with E-state index < -0.39 is 5.60 Å². The van der Waals surface area contributed by atoms with Crippen LogP contribution in [0.4, 0.5) is 4.79 Å². The average molecular weight is 337 g/mol. The number of hydrogen-bond donors (Lipinski definition) is 1. The number of carbonyl (C=O) groups is 1. The van der Waals surface area contributed by atoms with E-state index in [1.807, 2.05) is 25.5 Å². The smallest absolute Gasteiger partial charge is 0.410 e. The molecule has 1 aromatic heterocycles. The number of likely N-dealkylation sites (tertiary alicyclic amines) is 1. The van der Waals surface area contributed by atoms with E-state index in [0.29, 0.717) is 12.5 Å². The zero-order valence-electron chi connectivity index (χ0n) is 15.6. The van der Waals surface area contributed by atoms with Gasteiger partial charge in [-0.25, -0.2) is 14.5 Å². The van der Waals surface area contributed by atoms with Crippen molar-refractivity contribution in [2.45, 2.75) is 65.6 Å². The van der Waals surface area contributed by atoms with Crippen LogP contribution in [0, 0.1) is 5.92 Å². The van der Waals surface area contributed by atoms with Crippen molar-refractivity contribution in [3.05, 3.63) is 12.2 Å². The Hall–Kier alpha value is -1.63. The Morgan fingerprint density at radius 2 is 2.21 bits per heavy atom. The molecular weight excluding hydrogens is 306 g/mol. The lowest BCUT2D eigenvalue weighted by Crippen LogP contribution is -2.37. The first-order chi connectivity index (χ1) is 11.4. The van der Waals surface area contributed by atoms with Gasteiger partial charge in [-0.05, 0) is 40.2 Å². The number of carbonyl (C=O) groups excluding carboxylic acids is 1. The minimum absolute atomic E-state index is 0.108. The summed E-state index contributed by atoms with van der Waals surface area (Å²) in [4.78, 5) is 18.6. The number of rotatable bonds is 6. The first-order valence-corrected chi connectivity index (χ1v) is 8.94. The van der Waals surface area contributed by atoms with Gasteiger partial charge in [0.05, 0.1) is 6.04 Å². The largest absolute Gasteiger partial charge is 0.444 e. The number of hydrogen-bond acceptors (Lipinski definition) is 5. The number of nitrogens with zero attached hydrogens (tertiary/aromatic N) is 4. The Labute approximate surface area is 144 Å². The molecule has 0 radical (unpaired) electrons. The van der Waals surface area contributed by atoms with Gasteiger partial charge in [0, 0.05) is 25.6 Å². The van der Waals surface area contributed by atoms with E-state index in [4.69, 9.17) is 4.74 Å². The molecule has 2 atom stereocenters. The van der Waals surface area contributed by atoms with Gasteiger partial charge in [0.1, 0.15) is 17.8 Å². The first-order valence-electron chi connectivity index (χ1n) is 8.94. The number of aryl methyl sites for hydroxylation is 1. The Kier molecular flexibility index (Phi) is 6.21. The van der Waals surface area contributed by atoms with Gasteiger partial charge in [-0.2, -0.15) is 5.10 Å². The minimum atomic E-state index is -0.461. The Bertz CT molecular complexity index is 537. The molecule has 136 valence electrons. The Balaban J connectivity index is 2.07. The van der Waals surface area contributed by atoms with Crippen LogP contribution in [0.15, 0.2) is 6.33 Å². The van der Waals surface area contributed by atoms with Crippen LogP contribution in [0.5, 0.6) is 0 Å². The highest BCUT2D eigenvalue weighted by atomic mass is 16.6. The zero-order valence-corrected chi connectivity index (χ0v) is 15.6. The Morgan fingerprint density at radius 3 is 2.83 bits per heavy atom. The van der Waals surface area contributed by atoms with Gasteiger partial charge < -0.3 is 15.0 Å². The molecule has 1 fully saturated rings. The number of amides is 1. The van der Waals surface area contributed by atoms with E-state index >= 15 is 0 Å². The molecule has 0 spiro atoms. The lowest BCUT2D eigenvalue weighted by molar-refractivity contribution is 0.0285. The standard InChI is InChI=1S/C17H31N5O2/c1-6-9-22-15(19-12-20-22)14(18-7-2)13-8-10-21(11-13)16(23)24-17(3,4)5/h12-14,18H,6-11H2,1-5H3. The topological polar surface area (TPSA) is 72.3 Å². The van der Waals surface area contributed by atoms with E-state index in [1.54, 1.807) is 11.2 Å².